The van der Waals surface area contributed by atoms with Gasteiger partial charge in [0.2, 0.25) is 11.0 Å². The molecule has 0 amide bonds. The lowest BCUT2D eigenvalue weighted by atomic mass is 9.77. The summed E-state index contributed by atoms with van der Waals surface area (Å²) in [5, 5.41) is 19.8. The largest absolute Gasteiger partial charge is 0.408 e. The lowest BCUT2D eigenvalue weighted by Crippen LogP contribution is -2.48. The van der Waals surface area contributed by atoms with Crippen molar-refractivity contribution >= 4 is 33.8 Å². The summed E-state index contributed by atoms with van der Waals surface area (Å²) in [6, 6.07) is 5.73. The maximum Gasteiger partial charge on any atom is 0.312 e. The van der Waals surface area contributed by atoms with Gasteiger partial charge in [0.25, 0.3) is 0 Å². The van der Waals surface area contributed by atoms with Crippen LogP contribution in [0.4, 0.5) is 15.5 Å². The summed E-state index contributed by atoms with van der Waals surface area (Å²) < 4.78 is 17.6. The minimum atomic E-state index is -0.266. The highest BCUT2D eigenvalue weighted by atomic mass is 32.1. The van der Waals surface area contributed by atoms with E-state index in [-0.39, 0.29) is 44.3 Å². The van der Waals surface area contributed by atoms with Gasteiger partial charge >= 0.3 is 6.01 Å². The van der Waals surface area contributed by atoms with Gasteiger partial charge in [0.1, 0.15) is 17.2 Å². The molecule has 1 aliphatic heterocycles. The van der Waals surface area contributed by atoms with Gasteiger partial charge in [-0.1, -0.05) is 168 Å². The zero-order valence-electron chi connectivity index (χ0n) is 45.2. The Labute approximate surface area is 416 Å². The number of aromatic nitrogens is 9. The molecule has 1 saturated heterocycles. The average Bonchev–Trinajstić information content (AvgIpc) is 3.98. The lowest BCUT2D eigenvalue weighted by Gasteiger charge is -2.38. The Morgan fingerprint density at radius 1 is 0.574 bits per heavy atom. The fourth-order valence-corrected chi connectivity index (χ4v) is 6.26. The van der Waals surface area contributed by atoms with Gasteiger partial charge in [-0.2, -0.15) is 0 Å². The van der Waals surface area contributed by atoms with Crippen molar-refractivity contribution in [2.24, 2.45) is 11.3 Å². The van der Waals surface area contributed by atoms with Crippen LogP contribution in [0.1, 0.15) is 178 Å². The van der Waals surface area contributed by atoms with E-state index in [4.69, 9.17) is 15.9 Å². The van der Waals surface area contributed by atoms with E-state index in [9.17, 15) is 4.39 Å². The van der Waals surface area contributed by atoms with Crippen molar-refractivity contribution in [2.75, 3.05) is 24.6 Å². The SMILES string of the molecule is CC(C)(C)C1CNC1.CC(C)(C)c1cccnc1.CC(C)(C)c1cncc(F)c1.CC(C)(C)c1cncnc1.CC(C)(C)c1cncs1.CC(C)(C)c1nnc(N)o1.CC(C)(C)c1nnc(N)s1. The van der Waals surface area contributed by atoms with Crippen LogP contribution in [-0.4, -0.2) is 58.4 Å². The molecule has 0 bridgehead atoms. The van der Waals surface area contributed by atoms with Crippen LogP contribution in [-0.2, 0) is 32.5 Å². The van der Waals surface area contributed by atoms with Crippen LogP contribution in [0.3, 0.4) is 0 Å². The average molecular weight is 977 g/mol. The van der Waals surface area contributed by atoms with Gasteiger partial charge in [0, 0.05) is 52.9 Å². The molecular weight excluding hydrogens is 892 g/mol. The van der Waals surface area contributed by atoms with Crippen LogP contribution < -0.4 is 16.8 Å². The first-order chi connectivity index (χ1) is 30.9. The van der Waals surface area contributed by atoms with Crippen LogP contribution in [0.2, 0.25) is 0 Å². The molecule has 5 N–H and O–H groups in total. The molecule has 1 aliphatic rings. The van der Waals surface area contributed by atoms with Crippen LogP contribution >= 0.6 is 22.7 Å². The predicted molar refractivity (Wildman–Crippen MR) is 284 cm³/mol. The van der Waals surface area contributed by atoms with Crippen LogP contribution in [0, 0.1) is 17.2 Å². The summed E-state index contributed by atoms with van der Waals surface area (Å²) in [5.41, 5.74) is 17.1. The number of rotatable bonds is 0. The Kier molecular flexibility index (Phi) is 23.6. The van der Waals surface area contributed by atoms with Gasteiger partial charge in [-0.15, -0.1) is 26.6 Å². The molecule has 1 fully saturated rings. The van der Waals surface area contributed by atoms with Gasteiger partial charge in [-0.25, -0.2) is 14.4 Å². The molecule has 0 atom stereocenters. The first-order valence-electron chi connectivity index (χ1n) is 23.0. The van der Waals surface area contributed by atoms with Gasteiger partial charge < -0.3 is 21.2 Å². The number of nitrogen functional groups attached to an aromatic ring is 2. The normalized spacial score (nSPS) is 13.0. The highest BCUT2D eigenvalue weighted by Gasteiger charge is 2.29. The summed E-state index contributed by atoms with van der Waals surface area (Å²) in [6.45, 7) is 47.3. The monoisotopic (exact) mass is 977 g/mol. The van der Waals surface area contributed by atoms with E-state index >= 15 is 0 Å². The van der Waals surface area contributed by atoms with E-state index < -0.39 is 0 Å². The molecule has 0 aliphatic carbocycles. The molecule has 7 rings (SSSR count). The maximum atomic E-state index is 12.6. The molecule has 0 radical (unpaired) electrons. The van der Waals surface area contributed by atoms with Gasteiger partial charge in [0.05, 0.1) is 11.7 Å². The molecule has 0 unspecified atom stereocenters. The van der Waals surface area contributed by atoms with E-state index in [0.717, 1.165) is 16.5 Å². The molecule has 0 saturated carbocycles. The molecule has 13 nitrogen and oxygen atoms in total. The molecule has 0 aromatic carbocycles. The van der Waals surface area contributed by atoms with Crippen molar-refractivity contribution in [1.82, 2.24) is 50.6 Å². The van der Waals surface area contributed by atoms with Crippen molar-refractivity contribution in [1.29, 1.82) is 0 Å². The van der Waals surface area contributed by atoms with Crippen LogP contribution in [0.5, 0.6) is 0 Å². The number of thiazole rings is 1. The Hall–Kier alpha value is -4.80. The Morgan fingerprint density at radius 2 is 1.12 bits per heavy atom. The Morgan fingerprint density at radius 3 is 1.35 bits per heavy atom. The summed E-state index contributed by atoms with van der Waals surface area (Å²) in [7, 11) is 0. The number of nitrogens with zero attached hydrogens (tertiary/aromatic N) is 9. The van der Waals surface area contributed by atoms with E-state index in [0.29, 0.717) is 16.4 Å². The number of nitrogens with one attached hydrogen (secondary N) is 1. The zero-order chi connectivity index (χ0) is 52.4. The second-order valence-electron chi connectivity index (χ2n) is 23.7. The zero-order valence-corrected chi connectivity index (χ0v) is 46.8. The fraction of sp³-hybridized carbons (Fsp3) is 0.596. The summed E-state index contributed by atoms with van der Waals surface area (Å²) in [6.07, 6.45) is 13.8. The standard InChI is InChI=1S/C9H12FN.C9H13N.C8H12N2.C7H11NS.C7H15N.C6H11N3O.C6H11N3S/c1-9(2,3)7-4-8(10)6-11-5-7;1-9(2,3)8-5-4-6-10-7-8;1-8(2,3)7-4-9-6-10-5-7;1-7(2,3)6-4-8-5-9-6;1-7(2,3)6-4-8-5-6;2*1-6(2,3)4-8-9-5(7)10-4/h4-6H,1-3H3;4-7H,1-3H3;4-6H,1-3H3;4-5H,1-3H3;6,8H,4-5H2,1-3H3;2*1-3H3,(H2,7,9). The third-order valence-electron chi connectivity index (χ3n) is 9.87. The number of halogens is 1. The van der Waals surface area contributed by atoms with E-state index in [2.05, 4.69) is 161 Å². The molecule has 7 heterocycles. The van der Waals surface area contributed by atoms with E-state index in [1.807, 2.05) is 77.9 Å². The number of hydrogen-bond donors (Lipinski definition) is 3. The predicted octanol–water partition coefficient (Wildman–Crippen LogP) is 12.7. The van der Waals surface area contributed by atoms with Crippen molar-refractivity contribution in [3.8, 4) is 0 Å². The van der Waals surface area contributed by atoms with Crippen molar-refractivity contribution in [3.63, 3.8) is 0 Å². The number of nitrogens with two attached hydrogens (primary N) is 2. The molecule has 378 valence electrons. The van der Waals surface area contributed by atoms with Crippen molar-refractivity contribution < 1.29 is 8.81 Å². The van der Waals surface area contributed by atoms with Gasteiger partial charge in [-0.05, 0) is 74.9 Å². The topological polar surface area (TPSA) is 193 Å². The van der Waals surface area contributed by atoms with Gasteiger partial charge in [-0.3, -0.25) is 15.0 Å². The van der Waals surface area contributed by atoms with Crippen molar-refractivity contribution in [2.45, 2.75) is 178 Å². The minimum absolute atomic E-state index is 0.0188. The van der Waals surface area contributed by atoms with E-state index in [1.165, 1.54) is 52.7 Å². The highest BCUT2D eigenvalue weighted by molar-refractivity contribution is 7.15. The molecule has 16 heteroatoms. The molecular formula is C52H85FN12OS2. The smallest absolute Gasteiger partial charge is 0.312 e. The second kappa shape index (κ2) is 26.3. The van der Waals surface area contributed by atoms with Crippen molar-refractivity contribution in [3.05, 3.63) is 112 Å². The Bertz CT molecular complexity index is 2150. The lowest BCUT2D eigenvalue weighted by molar-refractivity contribution is 0.165. The number of anilines is 2. The molecule has 0 spiro atoms. The summed E-state index contributed by atoms with van der Waals surface area (Å²) in [5.74, 6) is 1.23. The van der Waals surface area contributed by atoms with Crippen LogP contribution in [0.25, 0.3) is 0 Å². The maximum absolute atomic E-state index is 12.6. The Balaban J connectivity index is 0.000000397. The highest BCUT2D eigenvalue weighted by Crippen LogP contribution is 2.29. The summed E-state index contributed by atoms with van der Waals surface area (Å²) in [4.78, 5) is 21.1. The molecule has 6 aromatic heterocycles. The minimum Gasteiger partial charge on any atom is -0.408 e. The third kappa shape index (κ3) is 25.0. The van der Waals surface area contributed by atoms with Crippen LogP contribution in [0.15, 0.2) is 77.8 Å². The number of hydrogen-bond acceptors (Lipinski definition) is 15. The van der Waals surface area contributed by atoms with Gasteiger partial charge in [0.15, 0.2) is 0 Å². The molecule has 6 aromatic rings. The van der Waals surface area contributed by atoms with E-state index in [1.54, 1.807) is 30.1 Å². The fourth-order valence-electron chi connectivity index (χ4n) is 4.88. The first-order valence-corrected chi connectivity index (χ1v) is 24.7. The summed E-state index contributed by atoms with van der Waals surface area (Å²) >= 11 is 3.17. The number of pyridine rings is 2. The molecule has 68 heavy (non-hydrogen) atoms. The second-order valence-corrected chi connectivity index (χ2v) is 25.6. The quantitative estimate of drug-likeness (QED) is 0.130. The first kappa shape index (κ1) is 61.2. The third-order valence-corrected chi connectivity index (χ3v) is 12.2.